The first-order valence-corrected chi connectivity index (χ1v) is 6.11. The Bertz CT molecular complexity index is 363. The second-order valence-corrected chi connectivity index (χ2v) is 5.09. The van der Waals surface area contributed by atoms with Crippen LogP contribution in [0.4, 0.5) is 4.39 Å². The minimum atomic E-state index is -0.338. The van der Waals surface area contributed by atoms with Gasteiger partial charge in [-0.05, 0) is 43.9 Å². The summed E-state index contributed by atoms with van der Waals surface area (Å²) in [5, 5.41) is 0. The van der Waals surface area contributed by atoms with Crippen molar-refractivity contribution >= 4 is 0 Å². The van der Waals surface area contributed by atoms with Crippen LogP contribution < -0.4 is 10.5 Å². The highest BCUT2D eigenvalue weighted by molar-refractivity contribution is 5.31. The second kappa shape index (κ2) is 6.01. The Balaban J connectivity index is 2.81. The van der Waals surface area contributed by atoms with Gasteiger partial charge in [0, 0.05) is 6.04 Å². The average molecular weight is 239 g/mol. The van der Waals surface area contributed by atoms with E-state index < -0.39 is 0 Å². The Hall–Kier alpha value is -1.09. The van der Waals surface area contributed by atoms with Crippen LogP contribution in [0.5, 0.6) is 5.75 Å². The highest BCUT2D eigenvalue weighted by Gasteiger charge is 2.12. The van der Waals surface area contributed by atoms with Crippen molar-refractivity contribution in [1.82, 2.24) is 0 Å². The normalized spacial score (nSPS) is 13.2. The van der Waals surface area contributed by atoms with Crippen LogP contribution in [0.2, 0.25) is 0 Å². The maximum atomic E-state index is 13.7. The molecule has 0 radical (unpaired) electrons. The minimum Gasteiger partial charge on any atom is -0.488 e. The fourth-order valence-electron chi connectivity index (χ4n) is 1.74. The molecule has 0 bridgehead atoms. The van der Waals surface area contributed by atoms with Crippen LogP contribution in [0.15, 0.2) is 18.2 Å². The van der Waals surface area contributed by atoms with Crippen molar-refractivity contribution in [3.8, 4) is 5.75 Å². The molecule has 0 spiro atoms. The number of ether oxygens (including phenoxy) is 1. The Kier molecular flexibility index (Phi) is 4.94. The molecule has 1 atom stereocenters. The predicted octanol–water partition coefficient (Wildman–Crippen LogP) is 3.66. The SMILES string of the molecule is CC(C)CC(N)c1ccc(OC(C)C)c(F)c1. The van der Waals surface area contributed by atoms with Gasteiger partial charge in [0.05, 0.1) is 6.10 Å². The van der Waals surface area contributed by atoms with E-state index >= 15 is 0 Å². The summed E-state index contributed by atoms with van der Waals surface area (Å²) in [4.78, 5) is 0. The quantitative estimate of drug-likeness (QED) is 0.851. The Morgan fingerprint density at radius 3 is 2.35 bits per heavy atom. The van der Waals surface area contributed by atoms with Crippen LogP contribution in [0, 0.1) is 11.7 Å². The third kappa shape index (κ3) is 4.35. The Labute approximate surface area is 103 Å². The van der Waals surface area contributed by atoms with Crippen LogP contribution >= 0.6 is 0 Å². The van der Waals surface area contributed by atoms with Gasteiger partial charge < -0.3 is 10.5 Å². The monoisotopic (exact) mass is 239 g/mol. The highest BCUT2D eigenvalue weighted by Crippen LogP contribution is 2.25. The zero-order valence-corrected chi connectivity index (χ0v) is 11.0. The van der Waals surface area contributed by atoms with E-state index in [0.717, 1.165) is 12.0 Å². The van der Waals surface area contributed by atoms with Crippen molar-refractivity contribution in [1.29, 1.82) is 0 Å². The summed E-state index contributed by atoms with van der Waals surface area (Å²) >= 11 is 0. The van der Waals surface area contributed by atoms with E-state index in [1.807, 2.05) is 19.9 Å². The first-order chi connectivity index (χ1) is 7.90. The largest absolute Gasteiger partial charge is 0.488 e. The number of halogens is 1. The van der Waals surface area contributed by atoms with Gasteiger partial charge >= 0.3 is 0 Å². The zero-order valence-electron chi connectivity index (χ0n) is 11.0. The molecule has 17 heavy (non-hydrogen) atoms. The molecular formula is C14H22FNO. The van der Waals surface area contributed by atoms with Crippen LogP contribution in [0.3, 0.4) is 0 Å². The fraction of sp³-hybridized carbons (Fsp3) is 0.571. The van der Waals surface area contributed by atoms with Crippen LogP contribution in [0.25, 0.3) is 0 Å². The molecule has 96 valence electrons. The lowest BCUT2D eigenvalue weighted by molar-refractivity contribution is 0.231. The maximum absolute atomic E-state index is 13.7. The number of benzene rings is 1. The van der Waals surface area contributed by atoms with Gasteiger partial charge in [0.15, 0.2) is 11.6 Å². The standard InChI is InChI=1S/C14H22FNO/c1-9(2)7-13(16)11-5-6-14(12(15)8-11)17-10(3)4/h5-6,8-10,13H,7,16H2,1-4H3. The average Bonchev–Trinajstić information content (AvgIpc) is 2.19. The first-order valence-electron chi connectivity index (χ1n) is 6.11. The van der Waals surface area contributed by atoms with Gasteiger partial charge in [0.2, 0.25) is 0 Å². The predicted molar refractivity (Wildman–Crippen MR) is 68.5 cm³/mol. The second-order valence-electron chi connectivity index (χ2n) is 5.09. The molecule has 0 saturated carbocycles. The van der Waals surface area contributed by atoms with Gasteiger partial charge in [-0.1, -0.05) is 19.9 Å². The molecule has 0 aromatic heterocycles. The topological polar surface area (TPSA) is 35.2 Å². The van der Waals surface area contributed by atoms with E-state index in [1.165, 1.54) is 6.07 Å². The van der Waals surface area contributed by atoms with Crippen molar-refractivity contribution < 1.29 is 9.13 Å². The summed E-state index contributed by atoms with van der Waals surface area (Å²) in [6.07, 6.45) is 0.823. The molecule has 1 aromatic carbocycles. The third-order valence-electron chi connectivity index (χ3n) is 2.47. The van der Waals surface area contributed by atoms with Crippen LogP contribution in [-0.4, -0.2) is 6.10 Å². The van der Waals surface area contributed by atoms with E-state index in [9.17, 15) is 4.39 Å². The lowest BCUT2D eigenvalue weighted by Gasteiger charge is -2.16. The van der Waals surface area contributed by atoms with E-state index in [0.29, 0.717) is 11.7 Å². The Morgan fingerprint density at radius 2 is 1.88 bits per heavy atom. The zero-order chi connectivity index (χ0) is 13.0. The lowest BCUT2D eigenvalue weighted by Crippen LogP contribution is -2.13. The summed E-state index contributed by atoms with van der Waals surface area (Å²) in [5.41, 5.74) is 6.83. The van der Waals surface area contributed by atoms with Crippen LogP contribution in [-0.2, 0) is 0 Å². The maximum Gasteiger partial charge on any atom is 0.165 e. The molecule has 3 heteroatoms. The molecule has 1 unspecified atom stereocenters. The first kappa shape index (κ1) is 14.0. The van der Waals surface area contributed by atoms with Crippen LogP contribution in [0.1, 0.15) is 45.7 Å². The smallest absolute Gasteiger partial charge is 0.165 e. The molecule has 1 aromatic rings. The molecule has 0 aliphatic heterocycles. The molecule has 0 aliphatic rings. The fourth-order valence-corrected chi connectivity index (χ4v) is 1.74. The van der Waals surface area contributed by atoms with E-state index in [2.05, 4.69) is 13.8 Å². The van der Waals surface area contributed by atoms with Crippen molar-refractivity contribution in [2.75, 3.05) is 0 Å². The summed E-state index contributed by atoms with van der Waals surface area (Å²) in [6, 6.07) is 4.86. The van der Waals surface area contributed by atoms with E-state index in [1.54, 1.807) is 6.07 Å². The lowest BCUT2D eigenvalue weighted by atomic mass is 9.98. The molecule has 0 aliphatic carbocycles. The van der Waals surface area contributed by atoms with Crippen molar-refractivity contribution in [3.63, 3.8) is 0 Å². The molecule has 0 saturated heterocycles. The Morgan fingerprint density at radius 1 is 1.24 bits per heavy atom. The van der Waals surface area contributed by atoms with Crippen molar-refractivity contribution in [2.24, 2.45) is 11.7 Å². The number of hydrogen-bond acceptors (Lipinski definition) is 2. The van der Waals surface area contributed by atoms with Crippen molar-refractivity contribution in [2.45, 2.75) is 46.3 Å². The molecule has 0 heterocycles. The van der Waals surface area contributed by atoms with Gasteiger partial charge in [-0.15, -0.1) is 0 Å². The molecule has 0 fully saturated rings. The molecule has 2 nitrogen and oxygen atoms in total. The van der Waals surface area contributed by atoms with Gasteiger partial charge in [-0.2, -0.15) is 0 Å². The van der Waals surface area contributed by atoms with Gasteiger partial charge in [0.1, 0.15) is 0 Å². The minimum absolute atomic E-state index is 0.0281. The van der Waals surface area contributed by atoms with Gasteiger partial charge in [-0.25, -0.2) is 4.39 Å². The van der Waals surface area contributed by atoms with Crippen molar-refractivity contribution in [3.05, 3.63) is 29.6 Å². The third-order valence-corrected chi connectivity index (χ3v) is 2.47. The number of rotatable bonds is 5. The highest BCUT2D eigenvalue weighted by atomic mass is 19.1. The summed E-state index contributed by atoms with van der Waals surface area (Å²) < 4.78 is 19.1. The molecule has 2 N–H and O–H groups in total. The molecule has 1 rings (SSSR count). The van der Waals surface area contributed by atoms with E-state index in [4.69, 9.17) is 10.5 Å². The molecular weight excluding hydrogens is 217 g/mol. The molecule has 0 amide bonds. The summed E-state index contributed by atoms with van der Waals surface area (Å²) in [6.45, 7) is 7.95. The summed E-state index contributed by atoms with van der Waals surface area (Å²) in [5.74, 6) is 0.454. The van der Waals surface area contributed by atoms with E-state index in [-0.39, 0.29) is 18.0 Å². The van der Waals surface area contributed by atoms with Gasteiger partial charge in [0.25, 0.3) is 0 Å². The summed E-state index contributed by atoms with van der Waals surface area (Å²) in [7, 11) is 0. The van der Waals surface area contributed by atoms with Gasteiger partial charge in [-0.3, -0.25) is 0 Å². The number of nitrogens with two attached hydrogens (primary N) is 1. The number of hydrogen-bond donors (Lipinski definition) is 1.